The Hall–Kier alpha value is -0.920. The molecule has 0 aliphatic carbocycles. The number of hydrogen-bond acceptors (Lipinski definition) is 4. The lowest BCUT2D eigenvalue weighted by molar-refractivity contribution is -0.122. The van der Waals surface area contributed by atoms with Crippen molar-refractivity contribution in [1.29, 1.82) is 0 Å². The number of halogens is 1. The average molecular weight is 318 g/mol. The Morgan fingerprint density at radius 2 is 2.47 bits per heavy atom. The second-order valence-electron chi connectivity index (χ2n) is 3.40. The van der Waals surface area contributed by atoms with Gasteiger partial charge in [-0.3, -0.25) is 4.79 Å². The van der Waals surface area contributed by atoms with Crippen molar-refractivity contribution < 1.29 is 4.79 Å². The van der Waals surface area contributed by atoms with Gasteiger partial charge in [0.25, 0.3) is 0 Å². The molecule has 0 aromatic carbocycles. The summed E-state index contributed by atoms with van der Waals surface area (Å²) in [7, 11) is 0. The van der Waals surface area contributed by atoms with Crippen LogP contribution in [0.3, 0.4) is 0 Å². The zero-order valence-corrected chi connectivity index (χ0v) is 10.2. The third kappa shape index (κ3) is 2.77. The van der Waals surface area contributed by atoms with Crippen molar-refractivity contribution in [2.45, 2.75) is 18.9 Å². The van der Waals surface area contributed by atoms with Crippen LogP contribution in [0.15, 0.2) is 12.5 Å². The fourth-order valence-corrected chi connectivity index (χ4v) is 1.92. The van der Waals surface area contributed by atoms with E-state index in [9.17, 15) is 4.79 Å². The molecular weight excluding hydrogens is 307 g/mol. The highest BCUT2D eigenvalue weighted by atomic mass is 127. The molecule has 1 unspecified atom stereocenters. The summed E-state index contributed by atoms with van der Waals surface area (Å²) in [6.45, 7) is 0.666. The van der Waals surface area contributed by atoms with Gasteiger partial charge in [0, 0.05) is 25.2 Å². The molecule has 15 heavy (non-hydrogen) atoms. The molecule has 2 rings (SSSR count). The Morgan fingerprint density at radius 3 is 3.13 bits per heavy atom. The number of hydrogen-bond donors (Lipinski definition) is 2. The molecule has 80 valence electrons. The van der Waals surface area contributed by atoms with Gasteiger partial charge in [0.05, 0.1) is 3.57 Å². The molecule has 1 aliphatic heterocycles. The molecule has 1 atom stereocenters. The van der Waals surface area contributed by atoms with Crippen molar-refractivity contribution in [3.05, 3.63) is 16.1 Å². The Kier molecular flexibility index (Phi) is 3.34. The molecule has 1 aliphatic rings. The molecule has 0 radical (unpaired) electrons. The molecule has 5 nitrogen and oxygen atoms in total. The molecule has 2 heterocycles. The van der Waals surface area contributed by atoms with Crippen LogP contribution in [0, 0.1) is 3.57 Å². The second kappa shape index (κ2) is 4.73. The van der Waals surface area contributed by atoms with E-state index in [1.807, 2.05) is 0 Å². The largest absolute Gasteiger partial charge is 0.365 e. The van der Waals surface area contributed by atoms with Crippen molar-refractivity contribution in [1.82, 2.24) is 15.3 Å². The number of nitrogens with zero attached hydrogens (tertiary/aromatic N) is 2. The van der Waals surface area contributed by atoms with Crippen LogP contribution in [0.5, 0.6) is 0 Å². The molecular formula is C9H11IN4O. The Labute approximate surface area is 101 Å². The maximum Gasteiger partial charge on any atom is 0.220 e. The van der Waals surface area contributed by atoms with Gasteiger partial charge in [-0.15, -0.1) is 0 Å². The van der Waals surface area contributed by atoms with Gasteiger partial charge in [-0.2, -0.15) is 0 Å². The topological polar surface area (TPSA) is 66.9 Å². The number of anilines is 1. The lowest BCUT2D eigenvalue weighted by Gasteiger charge is -2.24. The predicted octanol–water partition coefficient (Wildman–Crippen LogP) is 0.772. The summed E-state index contributed by atoms with van der Waals surface area (Å²) in [6, 6.07) is 0.270. The highest BCUT2D eigenvalue weighted by Gasteiger charge is 2.18. The number of amides is 1. The highest BCUT2D eigenvalue weighted by Crippen LogP contribution is 2.15. The first-order chi connectivity index (χ1) is 7.25. The van der Waals surface area contributed by atoms with Crippen LogP contribution in [0.2, 0.25) is 0 Å². The maximum absolute atomic E-state index is 11.0. The zero-order valence-electron chi connectivity index (χ0n) is 8.03. The molecule has 6 heteroatoms. The minimum atomic E-state index is 0.130. The highest BCUT2D eigenvalue weighted by molar-refractivity contribution is 14.1. The van der Waals surface area contributed by atoms with E-state index in [0.29, 0.717) is 13.0 Å². The van der Waals surface area contributed by atoms with E-state index in [2.05, 4.69) is 43.2 Å². The van der Waals surface area contributed by atoms with Crippen molar-refractivity contribution in [3.8, 4) is 0 Å². The molecule has 0 spiro atoms. The first-order valence-electron chi connectivity index (χ1n) is 4.74. The fourth-order valence-electron chi connectivity index (χ4n) is 1.47. The van der Waals surface area contributed by atoms with Gasteiger partial charge in [-0.05, 0) is 29.0 Å². The standard InChI is InChI=1S/C9H11IN4O/c10-7-4-11-5-13-9(7)14-6-1-2-8(15)12-3-6/h4-6H,1-3H2,(H,12,15)(H,11,13,14). The molecule has 1 saturated heterocycles. The van der Waals surface area contributed by atoms with Crippen LogP contribution in [-0.4, -0.2) is 28.5 Å². The summed E-state index contributed by atoms with van der Waals surface area (Å²) in [5.41, 5.74) is 0. The van der Waals surface area contributed by atoms with Crippen LogP contribution in [-0.2, 0) is 4.79 Å². The summed E-state index contributed by atoms with van der Waals surface area (Å²) >= 11 is 2.19. The van der Waals surface area contributed by atoms with Crippen molar-refractivity contribution >= 4 is 34.3 Å². The van der Waals surface area contributed by atoms with Crippen molar-refractivity contribution in [2.24, 2.45) is 0 Å². The number of nitrogens with one attached hydrogen (secondary N) is 2. The van der Waals surface area contributed by atoms with E-state index in [1.54, 1.807) is 6.20 Å². The molecule has 2 N–H and O–H groups in total. The van der Waals surface area contributed by atoms with E-state index in [0.717, 1.165) is 15.8 Å². The van der Waals surface area contributed by atoms with E-state index >= 15 is 0 Å². The number of carbonyl (C=O) groups excluding carboxylic acids is 1. The summed E-state index contributed by atoms with van der Waals surface area (Å²) in [6.07, 6.45) is 4.72. The lowest BCUT2D eigenvalue weighted by atomic mass is 10.1. The van der Waals surface area contributed by atoms with Crippen LogP contribution in [0.1, 0.15) is 12.8 Å². The SMILES string of the molecule is O=C1CCC(Nc2ncncc2I)CN1. The third-order valence-electron chi connectivity index (χ3n) is 2.27. The maximum atomic E-state index is 11.0. The molecule has 1 aromatic rings. The first kappa shape index (κ1) is 10.6. The van der Waals surface area contributed by atoms with Crippen LogP contribution in [0.4, 0.5) is 5.82 Å². The number of carbonyl (C=O) groups is 1. The van der Waals surface area contributed by atoms with E-state index in [4.69, 9.17) is 0 Å². The van der Waals surface area contributed by atoms with Gasteiger partial charge in [-0.1, -0.05) is 0 Å². The lowest BCUT2D eigenvalue weighted by Crippen LogP contribution is -2.42. The number of piperidine rings is 1. The quantitative estimate of drug-likeness (QED) is 0.791. The Bertz CT molecular complexity index is 361. The number of rotatable bonds is 2. The zero-order chi connectivity index (χ0) is 10.7. The van der Waals surface area contributed by atoms with E-state index in [-0.39, 0.29) is 11.9 Å². The summed E-state index contributed by atoms with van der Waals surface area (Å²) in [4.78, 5) is 19.0. The monoisotopic (exact) mass is 318 g/mol. The van der Waals surface area contributed by atoms with Gasteiger partial charge >= 0.3 is 0 Å². The number of aromatic nitrogens is 2. The molecule has 0 bridgehead atoms. The Morgan fingerprint density at radius 1 is 1.60 bits per heavy atom. The van der Waals surface area contributed by atoms with Crippen LogP contribution in [0.25, 0.3) is 0 Å². The van der Waals surface area contributed by atoms with Crippen molar-refractivity contribution in [2.75, 3.05) is 11.9 Å². The van der Waals surface area contributed by atoms with Gasteiger partial charge in [0.2, 0.25) is 5.91 Å². The smallest absolute Gasteiger partial charge is 0.220 e. The molecule has 1 aromatic heterocycles. The summed E-state index contributed by atoms with van der Waals surface area (Å²) in [5.74, 6) is 0.970. The normalized spacial score (nSPS) is 20.9. The first-order valence-corrected chi connectivity index (χ1v) is 5.82. The van der Waals surface area contributed by atoms with Crippen LogP contribution < -0.4 is 10.6 Å². The van der Waals surface area contributed by atoms with Gasteiger partial charge < -0.3 is 10.6 Å². The summed E-state index contributed by atoms with van der Waals surface area (Å²) < 4.78 is 0.993. The third-order valence-corrected chi connectivity index (χ3v) is 3.06. The van der Waals surface area contributed by atoms with E-state index < -0.39 is 0 Å². The molecule has 1 amide bonds. The Balaban J connectivity index is 1.97. The minimum absolute atomic E-state index is 0.130. The second-order valence-corrected chi connectivity index (χ2v) is 4.57. The van der Waals surface area contributed by atoms with Gasteiger partial charge in [0.15, 0.2) is 0 Å². The molecule has 0 saturated carbocycles. The van der Waals surface area contributed by atoms with Crippen LogP contribution >= 0.6 is 22.6 Å². The predicted molar refractivity (Wildman–Crippen MR) is 64.4 cm³/mol. The van der Waals surface area contributed by atoms with Crippen molar-refractivity contribution in [3.63, 3.8) is 0 Å². The summed E-state index contributed by atoms with van der Waals surface area (Å²) in [5, 5.41) is 6.12. The van der Waals surface area contributed by atoms with Gasteiger partial charge in [0.1, 0.15) is 12.1 Å². The minimum Gasteiger partial charge on any atom is -0.365 e. The fraction of sp³-hybridized carbons (Fsp3) is 0.444. The molecule has 1 fully saturated rings. The van der Waals surface area contributed by atoms with E-state index in [1.165, 1.54) is 6.33 Å². The average Bonchev–Trinajstić information content (AvgIpc) is 2.25. The van der Waals surface area contributed by atoms with Gasteiger partial charge in [-0.25, -0.2) is 9.97 Å².